The molecule has 2 N–H and O–H groups in total. The zero-order chi connectivity index (χ0) is 15.6. The van der Waals surface area contributed by atoms with Gasteiger partial charge < -0.3 is 10.3 Å². The summed E-state index contributed by atoms with van der Waals surface area (Å²) in [4.78, 5) is 17.3. The van der Waals surface area contributed by atoms with Crippen molar-refractivity contribution in [1.29, 1.82) is 0 Å². The number of aromatic nitrogens is 4. The summed E-state index contributed by atoms with van der Waals surface area (Å²) in [5, 5.41) is 6.52. The molecule has 6 nitrogen and oxygen atoms in total. The molecule has 0 radical (unpaired) electrons. The molecule has 2 rings (SSSR count). The molecule has 0 aliphatic rings. The standard InChI is InChI=1S/C12H14F3N5O/c1-3-20-5-8(4-18-20)7(2)19-11(21)9-10(12(13,14)15)17-6-16-9/h4-7H,3H2,1-2H3,(H,16,17)(H,19,21). The fraction of sp³-hybridized carbons (Fsp3) is 0.417. The van der Waals surface area contributed by atoms with E-state index in [9.17, 15) is 18.0 Å². The number of amides is 1. The molecule has 0 bridgehead atoms. The Morgan fingerprint density at radius 2 is 2.24 bits per heavy atom. The molecule has 0 aromatic carbocycles. The summed E-state index contributed by atoms with van der Waals surface area (Å²) in [5.41, 5.74) is -1.12. The molecule has 0 aliphatic carbocycles. The minimum atomic E-state index is -4.65. The highest BCUT2D eigenvalue weighted by molar-refractivity contribution is 5.93. The zero-order valence-electron chi connectivity index (χ0n) is 11.4. The third kappa shape index (κ3) is 3.23. The maximum Gasteiger partial charge on any atom is 0.433 e. The third-order valence-corrected chi connectivity index (χ3v) is 2.96. The van der Waals surface area contributed by atoms with Crippen LogP contribution in [0, 0.1) is 0 Å². The second-order valence-corrected chi connectivity index (χ2v) is 4.45. The van der Waals surface area contributed by atoms with Crippen LogP contribution in [0.2, 0.25) is 0 Å². The number of carbonyl (C=O) groups excluding carboxylic acids is 1. The number of hydrogen-bond acceptors (Lipinski definition) is 3. The number of H-pyrrole nitrogens is 1. The van der Waals surface area contributed by atoms with Gasteiger partial charge in [-0.15, -0.1) is 0 Å². The first kappa shape index (κ1) is 15.1. The van der Waals surface area contributed by atoms with Crippen molar-refractivity contribution in [2.24, 2.45) is 0 Å². The fourth-order valence-electron chi connectivity index (χ4n) is 1.81. The molecule has 21 heavy (non-hydrogen) atoms. The van der Waals surface area contributed by atoms with E-state index in [-0.39, 0.29) is 0 Å². The van der Waals surface area contributed by atoms with Crippen molar-refractivity contribution >= 4 is 5.91 Å². The molecular weight excluding hydrogens is 287 g/mol. The molecule has 2 heterocycles. The summed E-state index contributed by atoms with van der Waals surface area (Å²) in [6, 6.07) is -0.476. The highest BCUT2D eigenvalue weighted by Crippen LogP contribution is 2.29. The summed E-state index contributed by atoms with van der Waals surface area (Å²) in [7, 11) is 0. The van der Waals surface area contributed by atoms with Crippen LogP contribution in [0.4, 0.5) is 13.2 Å². The van der Waals surface area contributed by atoms with E-state index in [4.69, 9.17) is 0 Å². The quantitative estimate of drug-likeness (QED) is 0.908. The molecule has 114 valence electrons. The molecule has 1 amide bonds. The number of hydrogen-bond donors (Lipinski definition) is 2. The van der Waals surface area contributed by atoms with Gasteiger partial charge in [-0.1, -0.05) is 0 Å². The number of imidazole rings is 1. The molecule has 1 unspecified atom stereocenters. The molecule has 0 aliphatic heterocycles. The molecule has 0 fully saturated rings. The van der Waals surface area contributed by atoms with Crippen LogP contribution in [-0.2, 0) is 12.7 Å². The Morgan fingerprint density at radius 3 is 2.81 bits per heavy atom. The Morgan fingerprint density at radius 1 is 1.52 bits per heavy atom. The summed E-state index contributed by atoms with van der Waals surface area (Å²) in [5.74, 6) is -0.889. The van der Waals surface area contributed by atoms with Gasteiger partial charge in [-0.25, -0.2) is 4.98 Å². The van der Waals surface area contributed by atoms with Gasteiger partial charge in [0.15, 0.2) is 11.4 Å². The number of nitrogens with zero attached hydrogens (tertiary/aromatic N) is 3. The van der Waals surface area contributed by atoms with Gasteiger partial charge in [0.05, 0.1) is 18.6 Å². The maximum atomic E-state index is 12.7. The van der Waals surface area contributed by atoms with E-state index in [2.05, 4.69) is 15.4 Å². The lowest BCUT2D eigenvalue weighted by atomic mass is 10.2. The number of halogens is 3. The van der Waals surface area contributed by atoms with Gasteiger partial charge in [-0.05, 0) is 13.8 Å². The minimum absolute atomic E-state index is 0.476. The van der Waals surface area contributed by atoms with Crippen LogP contribution in [0.5, 0.6) is 0 Å². The van der Waals surface area contributed by atoms with Crippen LogP contribution >= 0.6 is 0 Å². The van der Waals surface area contributed by atoms with E-state index < -0.39 is 29.5 Å². The maximum absolute atomic E-state index is 12.7. The van der Waals surface area contributed by atoms with E-state index in [1.54, 1.807) is 24.0 Å². The summed E-state index contributed by atoms with van der Waals surface area (Å²) in [6.45, 7) is 4.23. The first-order chi connectivity index (χ1) is 9.82. The van der Waals surface area contributed by atoms with Crippen LogP contribution in [0.1, 0.15) is 41.6 Å². The van der Waals surface area contributed by atoms with Gasteiger partial charge in [0.2, 0.25) is 0 Å². The molecule has 9 heteroatoms. The van der Waals surface area contributed by atoms with Crippen LogP contribution in [0.15, 0.2) is 18.7 Å². The second-order valence-electron chi connectivity index (χ2n) is 4.45. The number of rotatable bonds is 4. The van der Waals surface area contributed by atoms with E-state index in [0.29, 0.717) is 12.1 Å². The number of carbonyl (C=O) groups is 1. The van der Waals surface area contributed by atoms with Crippen molar-refractivity contribution in [3.05, 3.63) is 35.7 Å². The molecule has 1 atom stereocenters. The normalized spacial score (nSPS) is 13.2. The Kier molecular flexibility index (Phi) is 4.01. The highest BCUT2D eigenvalue weighted by Gasteiger charge is 2.38. The average Bonchev–Trinajstić information content (AvgIpc) is 3.06. The highest BCUT2D eigenvalue weighted by atomic mass is 19.4. The van der Waals surface area contributed by atoms with Crippen LogP contribution < -0.4 is 5.32 Å². The van der Waals surface area contributed by atoms with Crippen molar-refractivity contribution in [2.45, 2.75) is 32.6 Å². The van der Waals surface area contributed by atoms with Crippen molar-refractivity contribution in [3.8, 4) is 0 Å². The minimum Gasteiger partial charge on any atom is -0.344 e. The van der Waals surface area contributed by atoms with Gasteiger partial charge in [-0.3, -0.25) is 9.48 Å². The zero-order valence-corrected chi connectivity index (χ0v) is 11.4. The fourth-order valence-corrected chi connectivity index (χ4v) is 1.81. The lowest BCUT2D eigenvalue weighted by molar-refractivity contribution is -0.141. The number of aryl methyl sites for hydroxylation is 1. The molecular formula is C12H14F3N5O. The van der Waals surface area contributed by atoms with Crippen LogP contribution in [-0.4, -0.2) is 25.7 Å². The summed E-state index contributed by atoms with van der Waals surface area (Å²) < 4.78 is 39.7. The first-order valence-corrected chi connectivity index (χ1v) is 6.26. The topological polar surface area (TPSA) is 75.6 Å². The molecule has 0 saturated heterocycles. The predicted molar refractivity (Wildman–Crippen MR) is 67.4 cm³/mol. The van der Waals surface area contributed by atoms with Gasteiger partial charge in [0.1, 0.15) is 0 Å². The Labute approximate surface area is 118 Å². The predicted octanol–water partition coefficient (Wildman–Crippen LogP) is 2.14. The Hall–Kier alpha value is -2.32. The van der Waals surface area contributed by atoms with E-state index in [1.807, 2.05) is 11.9 Å². The van der Waals surface area contributed by atoms with Crippen molar-refractivity contribution in [1.82, 2.24) is 25.1 Å². The summed E-state index contributed by atoms with van der Waals surface area (Å²) >= 11 is 0. The average molecular weight is 301 g/mol. The van der Waals surface area contributed by atoms with Gasteiger partial charge in [-0.2, -0.15) is 18.3 Å². The van der Waals surface area contributed by atoms with E-state index >= 15 is 0 Å². The second kappa shape index (κ2) is 5.58. The summed E-state index contributed by atoms with van der Waals surface area (Å²) in [6.07, 6.45) is -0.527. The smallest absolute Gasteiger partial charge is 0.344 e. The Bertz CT molecular complexity index is 631. The lowest BCUT2D eigenvalue weighted by Gasteiger charge is -2.12. The van der Waals surface area contributed by atoms with Gasteiger partial charge in [0.25, 0.3) is 5.91 Å². The SMILES string of the molecule is CCn1cc(C(C)NC(=O)c2nc[nH]c2C(F)(F)F)cn1. The molecule has 2 aromatic heterocycles. The molecule has 2 aromatic rings. The van der Waals surface area contributed by atoms with Gasteiger partial charge in [0, 0.05) is 18.3 Å². The first-order valence-electron chi connectivity index (χ1n) is 6.26. The molecule has 0 saturated carbocycles. The molecule has 0 spiro atoms. The Balaban J connectivity index is 2.13. The largest absolute Gasteiger partial charge is 0.433 e. The van der Waals surface area contributed by atoms with Crippen LogP contribution in [0.3, 0.4) is 0 Å². The van der Waals surface area contributed by atoms with Crippen LogP contribution in [0.25, 0.3) is 0 Å². The van der Waals surface area contributed by atoms with Crippen molar-refractivity contribution < 1.29 is 18.0 Å². The number of alkyl halides is 3. The van der Waals surface area contributed by atoms with Crippen molar-refractivity contribution in [3.63, 3.8) is 0 Å². The van der Waals surface area contributed by atoms with Gasteiger partial charge >= 0.3 is 6.18 Å². The monoisotopic (exact) mass is 301 g/mol. The van der Waals surface area contributed by atoms with E-state index in [0.717, 1.165) is 6.33 Å². The number of nitrogens with one attached hydrogen (secondary N) is 2. The lowest BCUT2D eigenvalue weighted by Crippen LogP contribution is -2.29. The van der Waals surface area contributed by atoms with E-state index in [1.165, 1.54) is 0 Å². The number of aromatic amines is 1. The third-order valence-electron chi connectivity index (χ3n) is 2.96. The van der Waals surface area contributed by atoms with Crippen molar-refractivity contribution in [2.75, 3.05) is 0 Å².